The van der Waals surface area contributed by atoms with Crippen molar-refractivity contribution < 1.29 is 9.72 Å². The third-order valence-corrected chi connectivity index (χ3v) is 3.13. The van der Waals surface area contributed by atoms with Gasteiger partial charge in [-0.2, -0.15) is 5.10 Å². The second-order valence-corrected chi connectivity index (χ2v) is 4.75. The number of thioether (sulfide) groups is 1. The number of carbonyl (C=O) groups excluding carboxylic acids is 1. The molecule has 0 radical (unpaired) electrons. The second kappa shape index (κ2) is 7.27. The number of hydrogen-bond donors (Lipinski definition) is 1. The van der Waals surface area contributed by atoms with Crippen LogP contribution in [0.4, 0.5) is 5.69 Å². The number of para-hydroxylation sites is 1. The highest BCUT2D eigenvalue weighted by atomic mass is 32.2. The zero-order chi connectivity index (χ0) is 15.9. The smallest absolute Gasteiger partial charge is 0.267 e. The van der Waals surface area contributed by atoms with Gasteiger partial charge in [0, 0.05) is 24.0 Å². The Bertz CT molecular complexity index is 718. The molecule has 0 unspecified atom stereocenters. The molecule has 9 heteroatoms. The van der Waals surface area contributed by atoms with Gasteiger partial charge in [-0.25, -0.2) is 15.4 Å². The average Bonchev–Trinajstić information content (AvgIpc) is 2.55. The van der Waals surface area contributed by atoms with E-state index < -0.39 is 10.8 Å². The van der Waals surface area contributed by atoms with E-state index in [1.807, 2.05) is 6.26 Å². The standard InChI is InChI=1S/C13H11N5O3S/c1-22-13-14-6-9(7-15-13)8-16-17-12(19)10-4-2-3-5-11(10)18(20)21/h2-8H,1H3,(H,17,19)/b16-8+. The quantitative estimate of drug-likeness (QED) is 0.296. The van der Waals surface area contributed by atoms with E-state index >= 15 is 0 Å². The Morgan fingerprint density at radius 3 is 2.68 bits per heavy atom. The fraction of sp³-hybridized carbons (Fsp3) is 0.0769. The molecular weight excluding hydrogens is 306 g/mol. The maximum absolute atomic E-state index is 11.9. The molecule has 0 fully saturated rings. The zero-order valence-electron chi connectivity index (χ0n) is 11.5. The lowest BCUT2D eigenvalue weighted by atomic mass is 10.2. The van der Waals surface area contributed by atoms with E-state index in [1.54, 1.807) is 18.5 Å². The Labute approximate surface area is 129 Å². The van der Waals surface area contributed by atoms with Gasteiger partial charge in [-0.05, 0) is 12.3 Å². The first-order valence-corrected chi connectivity index (χ1v) is 7.27. The molecular formula is C13H11N5O3S. The van der Waals surface area contributed by atoms with E-state index in [1.165, 1.54) is 36.2 Å². The average molecular weight is 317 g/mol. The summed E-state index contributed by atoms with van der Waals surface area (Å²) in [6.07, 6.45) is 6.33. The van der Waals surface area contributed by atoms with Gasteiger partial charge in [0.1, 0.15) is 5.56 Å². The SMILES string of the molecule is CSc1ncc(/C=N/NC(=O)c2ccccc2[N+](=O)[O-])cn1. The maximum Gasteiger partial charge on any atom is 0.282 e. The molecule has 0 aliphatic carbocycles. The van der Waals surface area contributed by atoms with Crippen LogP contribution in [0.2, 0.25) is 0 Å². The van der Waals surface area contributed by atoms with Crippen molar-refractivity contribution in [2.45, 2.75) is 5.16 Å². The van der Waals surface area contributed by atoms with Gasteiger partial charge >= 0.3 is 0 Å². The highest BCUT2D eigenvalue weighted by molar-refractivity contribution is 7.98. The third-order valence-electron chi connectivity index (χ3n) is 2.56. The Hall–Kier alpha value is -2.81. The first kappa shape index (κ1) is 15.6. The number of benzene rings is 1. The van der Waals surface area contributed by atoms with Crippen molar-refractivity contribution in [3.8, 4) is 0 Å². The number of aromatic nitrogens is 2. The summed E-state index contributed by atoms with van der Waals surface area (Å²) in [5, 5.41) is 15.2. The van der Waals surface area contributed by atoms with Crippen LogP contribution in [0.3, 0.4) is 0 Å². The molecule has 22 heavy (non-hydrogen) atoms. The van der Waals surface area contributed by atoms with Crippen LogP contribution in [0, 0.1) is 10.1 Å². The van der Waals surface area contributed by atoms with Gasteiger partial charge < -0.3 is 0 Å². The van der Waals surface area contributed by atoms with Crippen LogP contribution in [-0.2, 0) is 0 Å². The van der Waals surface area contributed by atoms with Crippen LogP contribution in [0.25, 0.3) is 0 Å². The topological polar surface area (TPSA) is 110 Å². The number of rotatable bonds is 5. The van der Waals surface area contributed by atoms with Crippen LogP contribution < -0.4 is 5.43 Å². The van der Waals surface area contributed by atoms with Crippen molar-refractivity contribution in [3.63, 3.8) is 0 Å². The summed E-state index contributed by atoms with van der Waals surface area (Å²) in [6, 6.07) is 5.65. The number of hydrogen-bond acceptors (Lipinski definition) is 7. The Morgan fingerprint density at radius 2 is 2.05 bits per heavy atom. The monoisotopic (exact) mass is 317 g/mol. The van der Waals surface area contributed by atoms with Crippen LogP contribution in [0.1, 0.15) is 15.9 Å². The Morgan fingerprint density at radius 1 is 1.36 bits per heavy atom. The number of amides is 1. The molecule has 8 nitrogen and oxygen atoms in total. The predicted molar refractivity (Wildman–Crippen MR) is 82.0 cm³/mol. The number of nitrogens with one attached hydrogen (secondary N) is 1. The predicted octanol–water partition coefficient (Wildman–Crippen LogP) is 1.87. The normalized spacial score (nSPS) is 10.6. The minimum absolute atomic E-state index is 0.0568. The van der Waals surface area contributed by atoms with Crippen molar-refractivity contribution in [2.75, 3.05) is 6.26 Å². The van der Waals surface area contributed by atoms with E-state index in [0.717, 1.165) is 0 Å². The van der Waals surface area contributed by atoms with Crippen molar-refractivity contribution in [1.29, 1.82) is 0 Å². The molecule has 0 atom stereocenters. The van der Waals surface area contributed by atoms with E-state index in [-0.39, 0.29) is 11.3 Å². The van der Waals surface area contributed by atoms with Gasteiger partial charge in [0.25, 0.3) is 11.6 Å². The van der Waals surface area contributed by atoms with Crippen LogP contribution >= 0.6 is 11.8 Å². The largest absolute Gasteiger partial charge is 0.282 e. The van der Waals surface area contributed by atoms with Gasteiger partial charge in [-0.3, -0.25) is 14.9 Å². The Balaban J connectivity index is 2.06. The third kappa shape index (κ3) is 3.85. The van der Waals surface area contributed by atoms with Crippen molar-refractivity contribution in [3.05, 3.63) is 57.9 Å². The molecule has 0 aliphatic rings. The lowest BCUT2D eigenvalue weighted by Crippen LogP contribution is -2.19. The minimum Gasteiger partial charge on any atom is -0.267 e. The van der Waals surface area contributed by atoms with Crippen LogP contribution in [0.5, 0.6) is 0 Å². The van der Waals surface area contributed by atoms with Crippen LogP contribution in [-0.4, -0.2) is 33.3 Å². The lowest BCUT2D eigenvalue weighted by Gasteiger charge is -2.01. The van der Waals surface area contributed by atoms with E-state index in [9.17, 15) is 14.9 Å². The van der Waals surface area contributed by atoms with Crippen molar-refractivity contribution >= 4 is 29.6 Å². The Kier molecular flexibility index (Phi) is 5.15. The molecule has 0 saturated heterocycles. The van der Waals surface area contributed by atoms with Gasteiger partial charge in [0.2, 0.25) is 0 Å². The summed E-state index contributed by atoms with van der Waals surface area (Å²) in [7, 11) is 0. The first-order valence-electron chi connectivity index (χ1n) is 6.04. The van der Waals surface area contributed by atoms with Crippen LogP contribution in [0.15, 0.2) is 46.9 Å². The summed E-state index contributed by atoms with van der Waals surface area (Å²) in [6.45, 7) is 0. The van der Waals surface area contributed by atoms with E-state index in [2.05, 4.69) is 20.5 Å². The van der Waals surface area contributed by atoms with Gasteiger partial charge in [-0.15, -0.1) is 0 Å². The van der Waals surface area contributed by atoms with Gasteiger partial charge in [-0.1, -0.05) is 23.9 Å². The molecule has 0 saturated carbocycles. The highest BCUT2D eigenvalue weighted by Gasteiger charge is 2.18. The fourth-order valence-electron chi connectivity index (χ4n) is 1.55. The number of carbonyl (C=O) groups is 1. The highest BCUT2D eigenvalue weighted by Crippen LogP contribution is 2.17. The van der Waals surface area contributed by atoms with E-state index in [0.29, 0.717) is 10.7 Å². The zero-order valence-corrected chi connectivity index (χ0v) is 12.3. The molecule has 1 amide bonds. The molecule has 2 rings (SSSR count). The molecule has 1 aromatic carbocycles. The summed E-state index contributed by atoms with van der Waals surface area (Å²) < 4.78 is 0. The molecule has 1 aromatic heterocycles. The van der Waals surface area contributed by atoms with Crippen molar-refractivity contribution in [2.24, 2.45) is 5.10 Å². The lowest BCUT2D eigenvalue weighted by molar-refractivity contribution is -0.385. The van der Waals surface area contributed by atoms with Crippen molar-refractivity contribution in [1.82, 2.24) is 15.4 Å². The summed E-state index contributed by atoms with van der Waals surface area (Å²) in [4.78, 5) is 30.2. The first-order chi connectivity index (χ1) is 10.6. The maximum atomic E-state index is 11.9. The molecule has 112 valence electrons. The number of hydrazone groups is 1. The number of nitrogens with zero attached hydrogens (tertiary/aromatic N) is 4. The molecule has 0 aliphatic heterocycles. The summed E-state index contributed by atoms with van der Waals surface area (Å²) in [5.74, 6) is -0.662. The van der Waals surface area contributed by atoms with Gasteiger partial charge in [0.15, 0.2) is 5.16 Å². The fourth-order valence-corrected chi connectivity index (χ4v) is 1.86. The molecule has 2 aromatic rings. The molecule has 1 heterocycles. The number of nitro benzene ring substituents is 1. The number of nitro groups is 1. The second-order valence-electron chi connectivity index (χ2n) is 3.98. The van der Waals surface area contributed by atoms with E-state index in [4.69, 9.17) is 0 Å². The molecule has 1 N–H and O–H groups in total. The molecule has 0 bridgehead atoms. The minimum atomic E-state index is -0.662. The van der Waals surface area contributed by atoms with Gasteiger partial charge in [0.05, 0.1) is 11.1 Å². The summed E-state index contributed by atoms with van der Waals surface area (Å²) in [5.41, 5.74) is 2.50. The molecule has 0 spiro atoms. The summed E-state index contributed by atoms with van der Waals surface area (Å²) >= 11 is 1.41.